The third-order valence-corrected chi connectivity index (χ3v) is 4.85. The number of unbranched alkanes of at least 4 members (excludes halogenated alkanes) is 1. The maximum Gasteiger partial charge on any atom is 0.227 e. The highest BCUT2D eigenvalue weighted by atomic mass is 16.5. The van der Waals surface area contributed by atoms with Crippen LogP contribution in [0.4, 0.5) is 17.5 Å². The van der Waals surface area contributed by atoms with Gasteiger partial charge in [-0.2, -0.15) is 4.98 Å². The summed E-state index contributed by atoms with van der Waals surface area (Å²) in [6, 6.07) is 10.2. The first-order valence-corrected chi connectivity index (χ1v) is 9.40. The lowest BCUT2D eigenvalue weighted by Gasteiger charge is -2.36. The lowest BCUT2D eigenvalue weighted by Crippen LogP contribution is -2.47. The fourth-order valence-electron chi connectivity index (χ4n) is 3.25. The van der Waals surface area contributed by atoms with E-state index in [0.29, 0.717) is 0 Å². The zero-order valence-corrected chi connectivity index (χ0v) is 16.1. The van der Waals surface area contributed by atoms with Crippen LogP contribution in [0.25, 0.3) is 0 Å². The highest BCUT2D eigenvalue weighted by Gasteiger charge is 2.21. The second-order valence-corrected chi connectivity index (χ2v) is 6.64. The molecule has 0 radical (unpaired) electrons. The standard InChI is InChI=1S/C20H29N5O/c1-4-5-12-23(2)19-10-11-21-20(22-19)25-15-13-24(14-16-25)17-8-6-7-9-18(17)26-3/h6-11H,4-5,12-16H2,1-3H3. The summed E-state index contributed by atoms with van der Waals surface area (Å²) in [5, 5.41) is 0. The molecule has 1 aromatic carbocycles. The first-order chi connectivity index (χ1) is 12.7. The summed E-state index contributed by atoms with van der Waals surface area (Å²) < 4.78 is 5.50. The Bertz CT molecular complexity index is 700. The number of methoxy groups -OCH3 is 1. The second kappa shape index (κ2) is 8.74. The second-order valence-electron chi connectivity index (χ2n) is 6.64. The van der Waals surface area contributed by atoms with E-state index in [1.807, 2.05) is 24.4 Å². The fourth-order valence-corrected chi connectivity index (χ4v) is 3.25. The van der Waals surface area contributed by atoms with Crippen molar-refractivity contribution in [2.24, 2.45) is 0 Å². The Kier molecular flexibility index (Phi) is 6.15. The van der Waals surface area contributed by atoms with Gasteiger partial charge in [-0.3, -0.25) is 0 Å². The van der Waals surface area contributed by atoms with Crippen LogP contribution in [0, 0.1) is 0 Å². The molecule has 1 aliphatic rings. The van der Waals surface area contributed by atoms with Crippen molar-refractivity contribution in [3.8, 4) is 5.75 Å². The number of piperazine rings is 1. The zero-order chi connectivity index (χ0) is 18.4. The number of aromatic nitrogens is 2. The van der Waals surface area contributed by atoms with Gasteiger partial charge >= 0.3 is 0 Å². The SMILES string of the molecule is CCCCN(C)c1ccnc(N2CCN(c3ccccc3OC)CC2)n1. The molecule has 0 spiro atoms. The Hall–Kier alpha value is -2.50. The van der Waals surface area contributed by atoms with Gasteiger partial charge in [-0.05, 0) is 24.6 Å². The number of ether oxygens (including phenoxy) is 1. The number of rotatable bonds is 7. The van der Waals surface area contributed by atoms with Crippen LogP contribution < -0.4 is 19.4 Å². The molecule has 1 aromatic heterocycles. The Morgan fingerprint density at radius 1 is 1.08 bits per heavy atom. The van der Waals surface area contributed by atoms with Crippen LogP contribution in [0.3, 0.4) is 0 Å². The number of hydrogen-bond donors (Lipinski definition) is 0. The number of anilines is 3. The molecular weight excluding hydrogens is 326 g/mol. The summed E-state index contributed by atoms with van der Waals surface area (Å²) in [6.45, 7) is 6.90. The van der Waals surface area contributed by atoms with Gasteiger partial charge in [0, 0.05) is 46.0 Å². The number of hydrogen-bond acceptors (Lipinski definition) is 6. The molecule has 26 heavy (non-hydrogen) atoms. The van der Waals surface area contributed by atoms with E-state index in [0.717, 1.165) is 55.9 Å². The summed E-state index contributed by atoms with van der Waals surface area (Å²) in [4.78, 5) is 16.1. The van der Waals surface area contributed by atoms with Crippen molar-refractivity contribution < 1.29 is 4.74 Å². The lowest BCUT2D eigenvalue weighted by atomic mass is 10.2. The van der Waals surface area contributed by atoms with Crippen LogP contribution in [0.2, 0.25) is 0 Å². The predicted molar refractivity (Wildman–Crippen MR) is 108 cm³/mol. The van der Waals surface area contributed by atoms with Gasteiger partial charge in [-0.25, -0.2) is 4.98 Å². The summed E-state index contributed by atoms with van der Waals surface area (Å²) in [5.41, 5.74) is 1.16. The fraction of sp³-hybridized carbons (Fsp3) is 0.500. The summed E-state index contributed by atoms with van der Waals surface area (Å²) in [7, 11) is 3.82. The highest BCUT2D eigenvalue weighted by Crippen LogP contribution is 2.28. The van der Waals surface area contributed by atoms with Crippen LogP contribution in [0.5, 0.6) is 5.75 Å². The molecule has 6 heteroatoms. The van der Waals surface area contributed by atoms with Crippen LogP contribution >= 0.6 is 0 Å². The Morgan fingerprint density at radius 2 is 1.81 bits per heavy atom. The Labute approximate surface area is 156 Å². The van der Waals surface area contributed by atoms with E-state index in [9.17, 15) is 0 Å². The first kappa shape index (κ1) is 18.3. The van der Waals surface area contributed by atoms with E-state index in [2.05, 4.69) is 45.8 Å². The van der Waals surface area contributed by atoms with Gasteiger partial charge in [-0.15, -0.1) is 0 Å². The Morgan fingerprint density at radius 3 is 2.54 bits per heavy atom. The quantitative estimate of drug-likeness (QED) is 0.761. The maximum absolute atomic E-state index is 5.50. The van der Waals surface area contributed by atoms with E-state index in [1.54, 1.807) is 7.11 Å². The minimum absolute atomic E-state index is 0.825. The Balaban J connectivity index is 1.65. The number of para-hydroxylation sites is 2. The molecule has 0 N–H and O–H groups in total. The minimum atomic E-state index is 0.825. The summed E-state index contributed by atoms with van der Waals surface area (Å²) >= 11 is 0. The smallest absolute Gasteiger partial charge is 0.227 e. The van der Waals surface area contributed by atoms with Crippen molar-refractivity contribution in [3.63, 3.8) is 0 Å². The molecule has 0 amide bonds. The van der Waals surface area contributed by atoms with Crippen molar-refractivity contribution in [1.29, 1.82) is 0 Å². The van der Waals surface area contributed by atoms with Gasteiger partial charge in [0.15, 0.2) is 0 Å². The van der Waals surface area contributed by atoms with Crippen molar-refractivity contribution in [1.82, 2.24) is 9.97 Å². The monoisotopic (exact) mass is 355 g/mol. The number of benzene rings is 1. The maximum atomic E-state index is 5.50. The van der Waals surface area contributed by atoms with Gasteiger partial charge in [0.2, 0.25) is 5.95 Å². The van der Waals surface area contributed by atoms with Crippen molar-refractivity contribution in [3.05, 3.63) is 36.5 Å². The lowest BCUT2D eigenvalue weighted by molar-refractivity contribution is 0.413. The molecule has 1 fully saturated rings. The zero-order valence-electron chi connectivity index (χ0n) is 16.1. The summed E-state index contributed by atoms with van der Waals surface area (Å²) in [6.07, 6.45) is 4.23. The molecule has 3 rings (SSSR count). The minimum Gasteiger partial charge on any atom is -0.495 e. The molecule has 2 aromatic rings. The molecule has 0 saturated carbocycles. The van der Waals surface area contributed by atoms with Crippen LogP contribution in [-0.2, 0) is 0 Å². The molecular formula is C20H29N5O. The molecule has 0 atom stereocenters. The first-order valence-electron chi connectivity index (χ1n) is 9.40. The predicted octanol–water partition coefficient (Wildman–Crippen LogP) is 3.05. The van der Waals surface area contributed by atoms with Gasteiger partial charge in [-0.1, -0.05) is 25.5 Å². The molecule has 0 aliphatic carbocycles. The van der Waals surface area contributed by atoms with Gasteiger partial charge in [0.25, 0.3) is 0 Å². The average Bonchev–Trinajstić information content (AvgIpc) is 2.72. The third-order valence-electron chi connectivity index (χ3n) is 4.85. The van der Waals surface area contributed by atoms with Gasteiger partial charge in [0.05, 0.1) is 12.8 Å². The van der Waals surface area contributed by atoms with Crippen molar-refractivity contribution in [2.45, 2.75) is 19.8 Å². The molecule has 0 bridgehead atoms. The van der Waals surface area contributed by atoms with E-state index in [-0.39, 0.29) is 0 Å². The van der Waals surface area contributed by atoms with Crippen LogP contribution in [-0.4, -0.2) is 56.8 Å². The van der Waals surface area contributed by atoms with Crippen LogP contribution in [0.15, 0.2) is 36.5 Å². The van der Waals surface area contributed by atoms with Crippen molar-refractivity contribution >= 4 is 17.5 Å². The topological polar surface area (TPSA) is 44.7 Å². The third kappa shape index (κ3) is 4.18. The molecule has 2 heterocycles. The van der Waals surface area contributed by atoms with Crippen LogP contribution in [0.1, 0.15) is 19.8 Å². The largest absolute Gasteiger partial charge is 0.495 e. The van der Waals surface area contributed by atoms with E-state index in [1.165, 1.54) is 12.8 Å². The normalized spacial score (nSPS) is 14.4. The molecule has 140 valence electrons. The molecule has 1 aliphatic heterocycles. The molecule has 0 unspecified atom stereocenters. The molecule has 6 nitrogen and oxygen atoms in total. The van der Waals surface area contributed by atoms with Gasteiger partial charge < -0.3 is 19.4 Å². The van der Waals surface area contributed by atoms with Gasteiger partial charge in [0.1, 0.15) is 11.6 Å². The number of nitrogens with zero attached hydrogens (tertiary/aromatic N) is 5. The van der Waals surface area contributed by atoms with E-state index >= 15 is 0 Å². The van der Waals surface area contributed by atoms with Crippen molar-refractivity contribution in [2.75, 3.05) is 61.6 Å². The summed E-state index contributed by atoms with van der Waals surface area (Å²) in [5.74, 6) is 2.75. The molecule has 1 saturated heterocycles. The highest BCUT2D eigenvalue weighted by molar-refractivity contribution is 5.59. The van der Waals surface area contributed by atoms with E-state index < -0.39 is 0 Å². The average molecular weight is 355 g/mol. The van der Waals surface area contributed by atoms with E-state index in [4.69, 9.17) is 9.72 Å².